The van der Waals surface area contributed by atoms with E-state index in [0.717, 1.165) is 32.1 Å². The first kappa shape index (κ1) is 21.8. The van der Waals surface area contributed by atoms with Gasteiger partial charge in [-0.05, 0) is 37.1 Å². The number of Topliss-reactive ketones (excluding diaryl/α,β-unsaturated/α-hetero) is 1. The number of amides is 1. The zero-order valence-corrected chi connectivity index (χ0v) is 18.1. The highest BCUT2D eigenvalue weighted by atomic mass is 35.5. The van der Waals surface area contributed by atoms with Crippen molar-refractivity contribution in [2.75, 3.05) is 0 Å². The summed E-state index contributed by atoms with van der Waals surface area (Å²) in [6, 6.07) is 10.1. The maximum Gasteiger partial charge on any atom is 0.340 e. The largest absolute Gasteiger partial charge is 0.433 e. The maximum atomic E-state index is 13.6. The molecule has 0 spiro atoms. The third-order valence-electron chi connectivity index (χ3n) is 5.91. The lowest BCUT2D eigenvalue weighted by Crippen LogP contribution is -2.62. The average molecular weight is 462 g/mol. The van der Waals surface area contributed by atoms with Crippen molar-refractivity contribution in [1.82, 2.24) is 5.32 Å². The Morgan fingerprint density at radius 1 is 1.03 bits per heavy atom. The molecule has 1 heterocycles. The van der Waals surface area contributed by atoms with Crippen molar-refractivity contribution in [3.05, 3.63) is 69.2 Å². The number of esters is 1. The van der Waals surface area contributed by atoms with Gasteiger partial charge in [-0.25, -0.2) is 4.79 Å². The highest BCUT2D eigenvalue weighted by Crippen LogP contribution is 2.41. The predicted octanol–water partition coefficient (Wildman–Crippen LogP) is 4.27. The molecule has 1 aliphatic carbocycles. The number of rotatable bonds is 4. The second-order valence-electron chi connectivity index (χ2n) is 7.88. The minimum Gasteiger partial charge on any atom is -0.433 e. The van der Waals surface area contributed by atoms with Crippen LogP contribution in [0.25, 0.3) is 0 Å². The number of hydrogen-bond acceptors (Lipinski definition) is 5. The van der Waals surface area contributed by atoms with E-state index < -0.39 is 29.4 Å². The summed E-state index contributed by atoms with van der Waals surface area (Å²) in [5.74, 6) is -2.56. The molecule has 1 fully saturated rings. The van der Waals surface area contributed by atoms with Gasteiger partial charge >= 0.3 is 5.97 Å². The van der Waals surface area contributed by atoms with Crippen molar-refractivity contribution in [1.29, 1.82) is 0 Å². The molecule has 162 valence electrons. The molecule has 0 bridgehead atoms. The van der Waals surface area contributed by atoms with Crippen molar-refractivity contribution in [3.8, 4) is 0 Å². The van der Waals surface area contributed by atoms with Crippen LogP contribution in [0.3, 0.4) is 0 Å². The van der Waals surface area contributed by atoms with E-state index in [-0.39, 0.29) is 32.8 Å². The van der Waals surface area contributed by atoms with Gasteiger partial charge in [0, 0.05) is 17.2 Å². The Morgan fingerprint density at radius 3 is 2.45 bits per heavy atom. The molecule has 0 radical (unpaired) electrons. The van der Waals surface area contributed by atoms with Gasteiger partial charge in [-0.15, -0.1) is 0 Å². The minimum absolute atomic E-state index is 0.000532. The van der Waals surface area contributed by atoms with Gasteiger partial charge in [-0.2, -0.15) is 0 Å². The number of nitrogens with one attached hydrogen (secondary N) is 1. The SMILES string of the molecule is O=C1O[C@](C(=O)NC2CCCCC2)(C(=O)c2ccc(Cl)c(Cl)c2)[C@H](O)c2ccccc21. The Bertz CT molecular complexity index is 1050. The van der Waals surface area contributed by atoms with Gasteiger partial charge in [0.05, 0.1) is 15.6 Å². The smallest absolute Gasteiger partial charge is 0.340 e. The van der Waals surface area contributed by atoms with E-state index >= 15 is 0 Å². The lowest BCUT2D eigenvalue weighted by molar-refractivity contribution is -0.149. The zero-order chi connectivity index (χ0) is 22.2. The van der Waals surface area contributed by atoms with Gasteiger partial charge in [-0.3, -0.25) is 9.59 Å². The van der Waals surface area contributed by atoms with Crippen LogP contribution in [0, 0.1) is 0 Å². The molecule has 2 aliphatic rings. The number of halogens is 2. The highest BCUT2D eigenvalue weighted by molar-refractivity contribution is 6.42. The zero-order valence-electron chi connectivity index (χ0n) is 16.6. The lowest BCUT2D eigenvalue weighted by atomic mass is 9.79. The number of fused-ring (bicyclic) bond motifs is 1. The molecule has 4 rings (SSSR count). The lowest BCUT2D eigenvalue weighted by Gasteiger charge is -2.39. The fraction of sp³-hybridized carbons (Fsp3) is 0.348. The van der Waals surface area contributed by atoms with E-state index in [1.165, 1.54) is 30.3 Å². The standard InChI is InChI=1S/C23H21Cl2NO5/c24-17-11-10-13(12-18(17)25)19(27)23(22(30)26-14-6-2-1-3-7-14)20(28)15-8-4-5-9-16(15)21(29)31-23/h4-5,8-12,14,20,28H,1-3,6-7H2,(H,26,30)/t20-,23-/m1/s1. The normalized spacial score (nSPS) is 23.6. The number of aliphatic hydroxyl groups is 1. The van der Waals surface area contributed by atoms with E-state index in [2.05, 4.69) is 5.32 Å². The molecular weight excluding hydrogens is 441 g/mol. The van der Waals surface area contributed by atoms with Crippen molar-refractivity contribution in [2.45, 2.75) is 49.9 Å². The van der Waals surface area contributed by atoms with Crippen LogP contribution in [0.2, 0.25) is 10.0 Å². The molecule has 2 aromatic rings. The van der Waals surface area contributed by atoms with Gasteiger partial charge < -0.3 is 15.2 Å². The topological polar surface area (TPSA) is 92.7 Å². The second kappa shape index (κ2) is 8.61. The molecule has 1 saturated carbocycles. The van der Waals surface area contributed by atoms with E-state index in [4.69, 9.17) is 27.9 Å². The van der Waals surface area contributed by atoms with Crippen LogP contribution in [0.15, 0.2) is 42.5 Å². The van der Waals surface area contributed by atoms with Gasteiger partial charge in [0.15, 0.2) is 0 Å². The molecular formula is C23H21Cl2NO5. The Morgan fingerprint density at radius 2 is 1.74 bits per heavy atom. The number of cyclic esters (lactones) is 1. The van der Waals surface area contributed by atoms with Crippen molar-refractivity contribution < 1.29 is 24.2 Å². The number of hydrogen-bond donors (Lipinski definition) is 2. The van der Waals surface area contributed by atoms with Crippen molar-refractivity contribution in [2.24, 2.45) is 0 Å². The molecule has 8 heteroatoms. The van der Waals surface area contributed by atoms with Crippen LogP contribution in [0.4, 0.5) is 0 Å². The number of ketones is 1. The van der Waals surface area contributed by atoms with E-state index in [1.54, 1.807) is 12.1 Å². The highest BCUT2D eigenvalue weighted by Gasteiger charge is 2.60. The van der Waals surface area contributed by atoms with Gasteiger partial charge in [0.1, 0.15) is 6.10 Å². The number of benzene rings is 2. The molecule has 2 atom stereocenters. The molecule has 0 saturated heterocycles. The van der Waals surface area contributed by atoms with E-state index in [1.807, 2.05) is 0 Å². The first-order valence-corrected chi connectivity index (χ1v) is 10.9. The first-order valence-electron chi connectivity index (χ1n) is 10.2. The molecule has 0 unspecified atom stereocenters. The molecule has 6 nitrogen and oxygen atoms in total. The quantitative estimate of drug-likeness (QED) is 0.402. The third kappa shape index (κ3) is 3.84. The van der Waals surface area contributed by atoms with Crippen LogP contribution in [0.5, 0.6) is 0 Å². The summed E-state index contributed by atoms with van der Waals surface area (Å²) in [6.07, 6.45) is 2.79. The molecule has 2 N–H and O–H groups in total. The summed E-state index contributed by atoms with van der Waals surface area (Å²) in [4.78, 5) is 39.9. The summed E-state index contributed by atoms with van der Waals surface area (Å²) in [6.45, 7) is 0. The minimum atomic E-state index is -2.47. The Kier molecular flexibility index (Phi) is 6.06. The number of carbonyl (C=O) groups excluding carboxylic acids is 3. The summed E-state index contributed by atoms with van der Waals surface area (Å²) in [7, 11) is 0. The van der Waals surface area contributed by atoms with E-state index in [0.29, 0.717) is 0 Å². The first-order chi connectivity index (χ1) is 14.8. The van der Waals surface area contributed by atoms with Crippen molar-refractivity contribution >= 4 is 40.9 Å². The number of aliphatic hydroxyl groups excluding tert-OH is 1. The van der Waals surface area contributed by atoms with Crippen LogP contribution in [-0.4, -0.2) is 34.4 Å². The fourth-order valence-corrected chi connectivity index (χ4v) is 4.53. The monoisotopic (exact) mass is 461 g/mol. The Balaban J connectivity index is 1.80. The molecule has 31 heavy (non-hydrogen) atoms. The van der Waals surface area contributed by atoms with Crippen LogP contribution in [-0.2, 0) is 9.53 Å². The summed E-state index contributed by atoms with van der Waals surface area (Å²) >= 11 is 12.0. The summed E-state index contributed by atoms with van der Waals surface area (Å²) in [5.41, 5.74) is -2.21. The van der Waals surface area contributed by atoms with Crippen molar-refractivity contribution in [3.63, 3.8) is 0 Å². The van der Waals surface area contributed by atoms with Gasteiger partial charge in [0.25, 0.3) is 11.5 Å². The number of carbonyl (C=O) groups is 3. The predicted molar refractivity (Wildman–Crippen MR) is 115 cm³/mol. The van der Waals surface area contributed by atoms with Crippen LogP contribution in [0.1, 0.15) is 64.5 Å². The second-order valence-corrected chi connectivity index (χ2v) is 8.70. The molecule has 1 aliphatic heterocycles. The Hall–Kier alpha value is -2.41. The summed E-state index contributed by atoms with van der Waals surface area (Å²) < 4.78 is 5.48. The van der Waals surface area contributed by atoms with Crippen LogP contribution < -0.4 is 5.32 Å². The fourth-order valence-electron chi connectivity index (χ4n) is 4.23. The van der Waals surface area contributed by atoms with Crippen LogP contribution >= 0.6 is 23.2 Å². The molecule has 1 amide bonds. The maximum absolute atomic E-state index is 13.6. The van der Waals surface area contributed by atoms with Gasteiger partial charge in [0.2, 0.25) is 5.78 Å². The average Bonchev–Trinajstić information content (AvgIpc) is 2.78. The summed E-state index contributed by atoms with van der Waals surface area (Å²) in [5, 5.41) is 14.4. The van der Waals surface area contributed by atoms with E-state index in [9.17, 15) is 19.5 Å². The third-order valence-corrected chi connectivity index (χ3v) is 6.65. The molecule has 0 aromatic heterocycles. The van der Waals surface area contributed by atoms with Gasteiger partial charge in [-0.1, -0.05) is 60.7 Å². The molecule has 2 aromatic carbocycles. The Labute approximate surface area is 189 Å². The number of ether oxygens (including phenoxy) is 1.